The summed E-state index contributed by atoms with van der Waals surface area (Å²) in [6, 6.07) is 7.76. The first-order valence-electron chi connectivity index (χ1n) is 6.45. The molecule has 106 valence electrons. The van der Waals surface area contributed by atoms with Gasteiger partial charge in [-0.15, -0.1) is 0 Å². The number of rotatable bonds is 4. The molecule has 6 heteroatoms. The normalized spacial score (nSPS) is 13.4. The lowest BCUT2D eigenvalue weighted by Gasteiger charge is -2.23. The summed E-state index contributed by atoms with van der Waals surface area (Å²) in [5.41, 5.74) is 8.21. The third-order valence-corrected chi connectivity index (χ3v) is 3.25. The molecular formula is C14H19N5O. The van der Waals surface area contributed by atoms with Gasteiger partial charge in [-0.3, -0.25) is 0 Å². The summed E-state index contributed by atoms with van der Waals surface area (Å²) in [4.78, 5) is 11.2. The van der Waals surface area contributed by atoms with Crippen molar-refractivity contribution >= 4 is 22.7 Å². The number of fused-ring (bicyclic) bond motifs is 1. The molecular weight excluding hydrogens is 254 g/mol. The fourth-order valence-electron chi connectivity index (χ4n) is 2.13. The minimum absolute atomic E-state index is 0.0716. The molecule has 0 fully saturated rings. The Morgan fingerprint density at radius 2 is 1.95 bits per heavy atom. The summed E-state index contributed by atoms with van der Waals surface area (Å²) in [6.45, 7) is 4.43. The summed E-state index contributed by atoms with van der Waals surface area (Å²) >= 11 is 0. The molecule has 6 nitrogen and oxygen atoms in total. The van der Waals surface area contributed by atoms with Crippen LogP contribution in [0.3, 0.4) is 0 Å². The maximum absolute atomic E-state index is 8.70. The predicted octanol–water partition coefficient (Wildman–Crippen LogP) is 1.76. The molecule has 0 aliphatic rings. The van der Waals surface area contributed by atoms with Gasteiger partial charge in [0.15, 0.2) is 5.82 Å². The number of nitrogens with two attached hydrogens (primary N) is 1. The molecule has 0 aliphatic heterocycles. The monoisotopic (exact) mass is 273 g/mol. The lowest BCUT2D eigenvalue weighted by Crippen LogP contribution is -2.33. The molecule has 0 radical (unpaired) electrons. The van der Waals surface area contributed by atoms with Crippen LogP contribution in [0.2, 0.25) is 0 Å². The minimum Gasteiger partial charge on any atom is -0.409 e. The lowest BCUT2D eigenvalue weighted by atomic mass is 10.1. The van der Waals surface area contributed by atoms with Gasteiger partial charge in [0.05, 0.1) is 16.7 Å². The van der Waals surface area contributed by atoms with E-state index in [4.69, 9.17) is 10.9 Å². The van der Waals surface area contributed by atoms with E-state index in [0.717, 1.165) is 22.5 Å². The van der Waals surface area contributed by atoms with Crippen molar-refractivity contribution in [1.29, 1.82) is 0 Å². The Bertz CT molecular complexity index is 640. The molecule has 1 unspecified atom stereocenters. The lowest BCUT2D eigenvalue weighted by molar-refractivity contribution is 0.314. The molecule has 0 aliphatic carbocycles. The van der Waals surface area contributed by atoms with Crippen LogP contribution in [0.15, 0.2) is 29.4 Å². The van der Waals surface area contributed by atoms with Gasteiger partial charge in [-0.05, 0) is 19.1 Å². The van der Waals surface area contributed by atoms with E-state index < -0.39 is 0 Å². The topological polar surface area (TPSA) is 87.6 Å². The summed E-state index contributed by atoms with van der Waals surface area (Å²) in [7, 11) is 1.92. The highest BCUT2D eigenvalue weighted by atomic mass is 16.4. The van der Waals surface area contributed by atoms with Crippen molar-refractivity contribution in [1.82, 2.24) is 9.97 Å². The van der Waals surface area contributed by atoms with Crippen molar-refractivity contribution in [2.75, 3.05) is 18.5 Å². The van der Waals surface area contributed by atoms with Crippen LogP contribution in [0.25, 0.3) is 11.0 Å². The Morgan fingerprint density at radius 1 is 1.35 bits per heavy atom. The number of benzene rings is 1. The van der Waals surface area contributed by atoms with Crippen LogP contribution in [0, 0.1) is 12.8 Å². The minimum atomic E-state index is -0.0716. The van der Waals surface area contributed by atoms with Gasteiger partial charge in [-0.1, -0.05) is 24.2 Å². The van der Waals surface area contributed by atoms with E-state index in [1.54, 1.807) is 0 Å². The molecule has 1 aromatic carbocycles. The second kappa shape index (κ2) is 5.73. The van der Waals surface area contributed by atoms with E-state index in [9.17, 15) is 0 Å². The largest absolute Gasteiger partial charge is 0.409 e. The van der Waals surface area contributed by atoms with E-state index in [2.05, 4.69) is 15.1 Å². The zero-order valence-electron chi connectivity index (χ0n) is 11.9. The van der Waals surface area contributed by atoms with Crippen LogP contribution in [0.4, 0.5) is 5.82 Å². The maximum atomic E-state index is 8.70. The zero-order valence-corrected chi connectivity index (χ0v) is 11.9. The average Bonchev–Trinajstić information content (AvgIpc) is 2.45. The zero-order chi connectivity index (χ0) is 14.7. The molecule has 3 N–H and O–H groups in total. The number of amidine groups is 1. The number of aryl methyl sites for hydroxylation is 1. The van der Waals surface area contributed by atoms with Gasteiger partial charge in [-0.25, -0.2) is 9.97 Å². The first-order chi connectivity index (χ1) is 9.52. The van der Waals surface area contributed by atoms with Gasteiger partial charge in [0.2, 0.25) is 0 Å². The fraction of sp³-hybridized carbons (Fsp3) is 0.357. The summed E-state index contributed by atoms with van der Waals surface area (Å²) in [6.07, 6.45) is 0. The number of aromatic nitrogens is 2. The van der Waals surface area contributed by atoms with Crippen molar-refractivity contribution in [3.8, 4) is 0 Å². The molecule has 0 saturated carbocycles. The van der Waals surface area contributed by atoms with Crippen LogP contribution in [-0.4, -0.2) is 34.6 Å². The number of hydrogen-bond acceptors (Lipinski definition) is 5. The van der Waals surface area contributed by atoms with Gasteiger partial charge in [0, 0.05) is 19.5 Å². The van der Waals surface area contributed by atoms with Gasteiger partial charge in [0.1, 0.15) is 5.84 Å². The van der Waals surface area contributed by atoms with Crippen LogP contribution in [0.5, 0.6) is 0 Å². The second-order valence-corrected chi connectivity index (χ2v) is 4.93. The van der Waals surface area contributed by atoms with E-state index in [1.165, 1.54) is 0 Å². The highest BCUT2D eigenvalue weighted by Crippen LogP contribution is 2.19. The third kappa shape index (κ3) is 2.79. The van der Waals surface area contributed by atoms with E-state index in [0.29, 0.717) is 6.54 Å². The third-order valence-electron chi connectivity index (χ3n) is 3.25. The Balaban J connectivity index is 2.30. The first kappa shape index (κ1) is 14.0. The number of anilines is 1. The van der Waals surface area contributed by atoms with Gasteiger partial charge in [0.25, 0.3) is 0 Å². The predicted molar refractivity (Wildman–Crippen MR) is 80.1 cm³/mol. The second-order valence-electron chi connectivity index (χ2n) is 4.93. The highest BCUT2D eigenvalue weighted by molar-refractivity contribution is 5.82. The molecule has 1 heterocycles. The Kier molecular flexibility index (Phi) is 4.02. The van der Waals surface area contributed by atoms with E-state index >= 15 is 0 Å². The Labute approximate surface area is 117 Å². The molecule has 2 rings (SSSR count). The van der Waals surface area contributed by atoms with Gasteiger partial charge in [-0.2, -0.15) is 0 Å². The first-order valence-corrected chi connectivity index (χ1v) is 6.45. The summed E-state index contributed by atoms with van der Waals surface area (Å²) in [5.74, 6) is 0.946. The van der Waals surface area contributed by atoms with Crippen molar-refractivity contribution in [3.63, 3.8) is 0 Å². The number of para-hydroxylation sites is 2. The number of nitrogens with zero attached hydrogens (tertiary/aromatic N) is 4. The van der Waals surface area contributed by atoms with Crippen molar-refractivity contribution in [3.05, 3.63) is 30.0 Å². The van der Waals surface area contributed by atoms with Crippen LogP contribution in [-0.2, 0) is 0 Å². The van der Waals surface area contributed by atoms with Crippen molar-refractivity contribution in [2.24, 2.45) is 16.8 Å². The summed E-state index contributed by atoms with van der Waals surface area (Å²) < 4.78 is 0. The maximum Gasteiger partial charge on any atom is 0.150 e. The molecule has 1 atom stereocenters. The summed E-state index contributed by atoms with van der Waals surface area (Å²) in [5, 5.41) is 11.7. The molecule has 1 aromatic heterocycles. The van der Waals surface area contributed by atoms with E-state index in [-0.39, 0.29) is 11.8 Å². The van der Waals surface area contributed by atoms with Crippen LogP contribution in [0.1, 0.15) is 12.6 Å². The smallest absolute Gasteiger partial charge is 0.150 e. The molecule has 0 bridgehead atoms. The molecule has 20 heavy (non-hydrogen) atoms. The Hall–Kier alpha value is -2.37. The molecule has 0 amide bonds. The molecule has 0 spiro atoms. The van der Waals surface area contributed by atoms with Crippen molar-refractivity contribution in [2.45, 2.75) is 13.8 Å². The Morgan fingerprint density at radius 3 is 2.55 bits per heavy atom. The van der Waals surface area contributed by atoms with Crippen LogP contribution < -0.4 is 10.6 Å². The number of oxime groups is 1. The number of hydrogen-bond donors (Lipinski definition) is 2. The highest BCUT2D eigenvalue weighted by Gasteiger charge is 2.15. The average molecular weight is 273 g/mol. The van der Waals surface area contributed by atoms with Gasteiger partial charge >= 0.3 is 0 Å². The molecule has 0 saturated heterocycles. The SMILES string of the molecule is Cc1nc2ccccc2nc1N(C)CC(C)C(N)=NO. The van der Waals surface area contributed by atoms with Crippen molar-refractivity contribution < 1.29 is 5.21 Å². The van der Waals surface area contributed by atoms with E-state index in [1.807, 2.05) is 50.1 Å². The van der Waals surface area contributed by atoms with Gasteiger partial charge < -0.3 is 15.8 Å². The standard InChI is InChI=1S/C14H19N5O/c1-9(13(15)18-20)8-19(3)14-10(2)16-11-6-4-5-7-12(11)17-14/h4-7,9,20H,8H2,1-3H3,(H2,15,18). The fourth-order valence-corrected chi connectivity index (χ4v) is 2.13. The van der Waals surface area contributed by atoms with Crippen LogP contribution >= 0.6 is 0 Å². The molecule has 2 aromatic rings. The quantitative estimate of drug-likeness (QED) is 0.383.